The van der Waals surface area contributed by atoms with E-state index in [0.29, 0.717) is 16.5 Å². The molecule has 0 amide bonds. The number of aromatic nitrogens is 1. The van der Waals surface area contributed by atoms with Crippen molar-refractivity contribution in [1.29, 1.82) is 0 Å². The highest BCUT2D eigenvalue weighted by Crippen LogP contribution is 2.22. The van der Waals surface area contributed by atoms with Gasteiger partial charge in [0.2, 0.25) is 0 Å². The molecule has 0 saturated carbocycles. The third-order valence-corrected chi connectivity index (χ3v) is 5.43. The SMILES string of the molecule is Cc1ccc(Nc2ccc(NS(=O)(=O)c3ccc(Cl)cc3)cn2)c(C)c1. The first-order valence-corrected chi connectivity index (χ1v) is 9.78. The molecule has 1 heterocycles. The number of aryl methyl sites for hydroxylation is 2. The van der Waals surface area contributed by atoms with Crippen LogP contribution in [0.5, 0.6) is 0 Å². The van der Waals surface area contributed by atoms with Crippen molar-refractivity contribution < 1.29 is 8.42 Å². The lowest BCUT2D eigenvalue weighted by atomic mass is 10.1. The quantitative estimate of drug-likeness (QED) is 0.653. The van der Waals surface area contributed by atoms with E-state index in [-0.39, 0.29) is 4.90 Å². The average Bonchev–Trinajstić information content (AvgIpc) is 2.59. The van der Waals surface area contributed by atoms with Gasteiger partial charge in [-0.1, -0.05) is 29.3 Å². The fraction of sp³-hybridized carbons (Fsp3) is 0.105. The van der Waals surface area contributed by atoms with Crippen molar-refractivity contribution in [2.45, 2.75) is 18.7 Å². The Morgan fingerprint density at radius 2 is 1.69 bits per heavy atom. The summed E-state index contributed by atoms with van der Waals surface area (Å²) in [5.41, 5.74) is 3.64. The third-order valence-electron chi connectivity index (χ3n) is 3.78. The molecule has 3 rings (SSSR count). The molecule has 26 heavy (non-hydrogen) atoms. The van der Waals surface area contributed by atoms with E-state index in [2.05, 4.69) is 21.1 Å². The van der Waals surface area contributed by atoms with E-state index < -0.39 is 10.0 Å². The summed E-state index contributed by atoms with van der Waals surface area (Å²) in [5, 5.41) is 3.70. The molecular weight excluding hydrogens is 370 g/mol. The Bertz CT molecular complexity index is 1020. The number of anilines is 3. The lowest BCUT2D eigenvalue weighted by Crippen LogP contribution is -2.13. The summed E-state index contributed by atoms with van der Waals surface area (Å²) in [5.74, 6) is 0.631. The Labute approximate surface area is 158 Å². The minimum Gasteiger partial charge on any atom is -0.340 e. The molecule has 2 N–H and O–H groups in total. The van der Waals surface area contributed by atoms with Crippen LogP contribution in [0.1, 0.15) is 11.1 Å². The van der Waals surface area contributed by atoms with Crippen molar-refractivity contribution in [2.75, 3.05) is 10.0 Å². The fourth-order valence-corrected chi connectivity index (χ4v) is 3.62. The summed E-state index contributed by atoms with van der Waals surface area (Å²) >= 11 is 5.79. The third kappa shape index (κ3) is 4.33. The number of rotatable bonds is 5. The van der Waals surface area contributed by atoms with E-state index in [1.165, 1.54) is 36.0 Å². The Morgan fingerprint density at radius 3 is 2.31 bits per heavy atom. The number of hydrogen-bond acceptors (Lipinski definition) is 4. The standard InChI is InChI=1S/C19H18ClN3O2S/c1-13-3-9-18(14(2)11-13)22-19-10-6-16(12-21-19)23-26(24,25)17-7-4-15(20)5-8-17/h3-12,23H,1-2H3,(H,21,22). The number of benzene rings is 2. The molecule has 0 unspecified atom stereocenters. The number of nitrogens with one attached hydrogen (secondary N) is 2. The molecular formula is C19H18ClN3O2S. The van der Waals surface area contributed by atoms with Gasteiger partial charge in [0.05, 0.1) is 16.8 Å². The Balaban J connectivity index is 1.74. The van der Waals surface area contributed by atoms with Crippen LogP contribution in [0.2, 0.25) is 5.02 Å². The zero-order valence-corrected chi connectivity index (χ0v) is 15.9. The molecule has 0 radical (unpaired) electrons. The number of pyridine rings is 1. The summed E-state index contributed by atoms with van der Waals surface area (Å²) in [6, 6.07) is 15.4. The van der Waals surface area contributed by atoms with Crippen LogP contribution >= 0.6 is 11.6 Å². The molecule has 7 heteroatoms. The summed E-state index contributed by atoms with van der Waals surface area (Å²) in [6.45, 7) is 4.06. The number of nitrogens with zero attached hydrogens (tertiary/aromatic N) is 1. The molecule has 0 bridgehead atoms. The van der Waals surface area contributed by atoms with E-state index in [1.807, 2.05) is 26.0 Å². The molecule has 2 aromatic carbocycles. The van der Waals surface area contributed by atoms with Gasteiger partial charge in [0.25, 0.3) is 10.0 Å². The van der Waals surface area contributed by atoms with Crippen LogP contribution in [0.15, 0.2) is 65.7 Å². The van der Waals surface area contributed by atoms with Crippen LogP contribution in [0.4, 0.5) is 17.2 Å². The molecule has 0 atom stereocenters. The molecule has 5 nitrogen and oxygen atoms in total. The van der Waals surface area contributed by atoms with Crippen LogP contribution in [0.3, 0.4) is 0 Å². The Morgan fingerprint density at radius 1 is 0.962 bits per heavy atom. The molecule has 1 aromatic heterocycles. The van der Waals surface area contributed by atoms with Crippen LogP contribution in [0.25, 0.3) is 0 Å². The van der Waals surface area contributed by atoms with Gasteiger partial charge in [0.15, 0.2) is 0 Å². The molecule has 134 valence electrons. The van der Waals surface area contributed by atoms with Crippen molar-refractivity contribution in [3.8, 4) is 0 Å². The van der Waals surface area contributed by atoms with Gasteiger partial charge in [-0.15, -0.1) is 0 Å². The fourth-order valence-electron chi connectivity index (χ4n) is 2.45. The van der Waals surface area contributed by atoms with E-state index in [0.717, 1.165) is 11.3 Å². The number of sulfonamides is 1. The number of halogens is 1. The van der Waals surface area contributed by atoms with Gasteiger partial charge >= 0.3 is 0 Å². The van der Waals surface area contributed by atoms with Gasteiger partial charge in [0, 0.05) is 10.7 Å². The minimum atomic E-state index is -3.68. The second-order valence-electron chi connectivity index (χ2n) is 5.93. The van der Waals surface area contributed by atoms with E-state index in [9.17, 15) is 8.42 Å². The first-order valence-electron chi connectivity index (χ1n) is 7.92. The van der Waals surface area contributed by atoms with Gasteiger partial charge in [-0.05, 0) is 61.9 Å². The van der Waals surface area contributed by atoms with E-state index >= 15 is 0 Å². The zero-order valence-electron chi connectivity index (χ0n) is 14.3. The first kappa shape index (κ1) is 18.2. The van der Waals surface area contributed by atoms with Crippen molar-refractivity contribution in [3.05, 3.63) is 76.9 Å². The normalized spacial score (nSPS) is 11.2. The summed E-state index contributed by atoms with van der Waals surface area (Å²) in [7, 11) is -3.68. The minimum absolute atomic E-state index is 0.138. The van der Waals surface area contributed by atoms with Crippen molar-refractivity contribution in [3.63, 3.8) is 0 Å². The van der Waals surface area contributed by atoms with Crippen molar-refractivity contribution in [2.24, 2.45) is 0 Å². The van der Waals surface area contributed by atoms with Gasteiger partial charge in [-0.3, -0.25) is 4.72 Å². The maximum atomic E-state index is 12.4. The van der Waals surface area contributed by atoms with Crippen molar-refractivity contribution >= 4 is 38.8 Å². The van der Waals surface area contributed by atoms with Gasteiger partial charge in [0.1, 0.15) is 5.82 Å². The van der Waals surface area contributed by atoms with Crippen LogP contribution in [-0.2, 0) is 10.0 Å². The maximum Gasteiger partial charge on any atom is 0.261 e. The lowest BCUT2D eigenvalue weighted by Gasteiger charge is -2.11. The maximum absolute atomic E-state index is 12.4. The molecule has 0 fully saturated rings. The summed E-state index contributed by atoms with van der Waals surface area (Å²) in [4.78, 5) is 4.41. The molecule has 0 spiro atoms. The highest BCUT2D eigenvalue weighted by molar-refractivity contribution is 7.92. The molecule has 0 saturated heterocycles. The smallest absolute Gasteiger partial charge is 0.261 e. The first-order chi connectivity index (χ1) is 12.3. The van der Waals surface area contributed by atoms with Crippen LogP contribution in [0, 0.1) is 13.8 Å². The predicted octanol–water partition coefficient (Wildman–Crippen LogP) is 4.90. The highest BCUT2D eigenvalue weighted by Gasteiger charge is 2.14. The number of hydrogen-bond donors (Lipinski definition) is 2. The molecule has 0 aliphatic rings. The van der Waals surface area contributed by atoms with E-state index in [1.54, 1.807) is 12.1 Å². The summed E-state index contributed by atoms with van der Waals surface area (Å²) in [6.07, 6.45) is 1.47. The second-order valence-corrected chi connectivity index (χ2v) is 8.05. The van der Waals surface area contributed by atoms with Crippen LogP contribution < -0.4 is 10.0 Å². The van der Waals surface area contributed by atoms with Gasteiger partial charge < -0.3 is 5.32 Å². The molecule has 3 aromatic rings. The monoisotopic (exact) mass is 387 g/mol. The second kappa shape index (κ2) is 7.35. The van der Waals surface area contributed by atoms with Gasteiger partial charge in [-0.2, -0.15) is 0 Å². The van der Waals surface area contributed by atoms with Gasteiger partial charge in [-0.25, -0.2) is 13.4 Å². The molecule has 0 aliphatic carbocycles. The van der Waals surface area contributed by atoms with Crippen molar-refractivity contribution in [1.82, 2.24) is 4.98 Å². The lowest BCUT2D eigenvalue weighted by molar-refractivity contribution is 0.601. The topological polar surface area (TPSA) is 71.1 Å². The Kier molecular flexibility index (Phi) is 5.15. The van der Waals surface area contributed by atoms with E-state index in [4.69, 9.17) is 11.6 Å². The zero-order chi connectivity index (χ0) is 18.7. The van der Waals surface area contributed by atoms with Crippen LogP contribution in [-0.4, -0.2) is 13.4 Å². The molecule has 0 aliphatic heterocycles. The Hall–Kier alpha value is -2.57. The average molecular weight is 388 g/mol. The highest BCUT2D eigenvalue weighted by atomic mass is 35.5. The largest absolute Gasteiger partial charge is 0.340 e. The predicted molar refractivity (Wildman–Crippen MR) is 106 cm³/mol. The summed E-state index contributed by atoms with van der Waals surface area (Å²) < 4.78 is 27.2.